The number of anilines is 2. The number of carbonyl (C=O) groups is 4. The van der Waals surface area contributed by atoms with Crippen molar-refractivity contribution in [1.29, 1.82) is 0 Å². The Kier molecular flexibility index (Phi) is 4.13. The molecular formula is C19H22N4O4. The van der Waals surface area contributed by atoms with Crippen molar-refractivity contribution in [3.05, 3.63) is 24.3 Å². The van der Waals surface area contributed by atoms with Crippen LogP contribution in [0.2, 0.25) is 0 Å². The molecule has 27 heavy (non-hydrogen) atoms. The summed E-state index contributed by atoms with van der Waals surface area (Å²) in [6.07, 6.45) is 3.17. The maximum Gasteiger partial charge on any atom is 0.325 e. The Bertz CT molecular complexity index is 835. The number of nitrogens with zero attached hydrogens (tertiary/aromatic N) is 2. The molecule has 0 bridgehead atoms. The summed E-state index contributed by atoms with van der Waals surface area (Å²) in [6.45, 7) is 2.05. The molecule has 1 saturated carbocycles. The zero-order valence-corrected chi connectivity index (χ0v) is 15.2. The molecule has 1 aromatic rings. The van der Waals surface area contributed by atoms with Gasteiger partial charge in [-0.1, -0.05) is 6.07 Å². The zero-order valence-electron chi connectivity index (χ0n) is 15.2. The molecule has 0 unspecified atom stereocenters. The second-order valence-corrected chi connectivity index (χ2v) is 7.55. The van der Waals surface area contributed by atoms with Gasteiger partial charge in [-0.3, -0.25) is 19.3 Å². The first kappa shape index (κ1) is 17.5. The van der Waals surface area contributed by atoms with Gasteiger partial charge in [0.1, 0.15) is 12.1 Å². The predicted octanol–water partition coefficient (Wildman–Crippen LogP) is 1.47. The summed E-state index contributed by atoms with van der Waals surface area (Å²) in [6, 6.07) is 6.48. The van der Waals surface area contributed by atoms with Gasteiger partial charge in [-0.05, 0) is 50.3 Å². The van der Waals surface area contributed by atoms with Gasteiger partial charge in [0.15, 0.2) is 0 Å². The number of hydrogen-bond donors (Lipinski definition) is 2. The fourth-order valence-electron chi connectivity index (χ4n) is 3.81. The minimum absolute atomic E-state index is 0.0668. The molecule has 0 radical (unpaired) electrons. The van der Waals surface area contributed by atoms with E-state index in [4.69, 9.17) is 0 Å². The molecule has 2 N–H and O–H groups in total. The molecule has 8 heteroatoms. The molecule has 2 heterocycles. The van der Waals surface area contributed by atoms with Crippen LogP contribution in [0.1, 0.15) is 32.6 Å². The Morgan fingerprint density at radius 2 is 2.07 bits per heavy atom. The Morgan fingerprint density at radius 3 is 2.74 bits per heavy atom. The smallest absolute Gasteiger partial charge is 0.324 e. The summed E-state index contributed by atoms with van der Waals surface area (Å²) in [5, 5.41) is 5.44. The molecule has 2 saturated heterocycles. The van der Waals surface area contributed by atoms with Crippen molar-refractivity contribution >= 4 is 35.1 Å². The maximum atomic E-state index is 12.6. The quantitative estimate of drug-likeness (QED) is 0.767. The monoisotopic (exact) mass is 370 g/mol. The number of amides is 5. The highest BCUT2D eigenvalue weighted by atomic mass is 16.2. The van der Waals surface area contributed by atoms with Gasteiger partial charge in [-0.15, -0.1) is 0 Å². The van der Waals surface area contributed by atoms with E-state index in [2.05, 4.69) is 10.6 Å². The van der Waals surface area contributed by atoms with Crippen molar-refractivity contribution in [3.8, 4) is 0 Å². The van der Waals surface area contributed by atoms with Crippen molar-refractivity contribution in [1.82, 2.24) is 10.2 Å². The molecule has 3 aliphatic rings. The number of rotatable bonds is 5. The second kappa shape index (κ2) is 6.37. The van der Waals surface area contributed by atoms with E-state index >= 15 is 0 Å². The molecule has 1 aromatic carbocycles. The van der Waals surface area contributed by atoms with E-state index in [9.17, 15) is 19.2 Å². The molecule has 4 rings (SSSR count). The van der Waals surface area contributed by atoms with Gasteiger partial charge in [0.2, 0.25) is 11.8 Å². The average molecular weight is 370 g/mol. The highest BCUT2D eigenvalue weighted by molar-refractivity contribution is 6.10. The maximum absolute atomic E-state index is 12.6. The molecule has 0 aromatic heterocycles. The van der Waals surface area contributed by atoms with Crippen molar-refractivity contribution in [2.75, 3.05) is 23.3 Å². The third kappa shape index (κ3) is 3.15. The first-order valence-electron chi connectivity index (χ1n) is 9.23. The normalized spacial score (nSPS) is 25.1. The number of imide groups is 1. The van der Waals surface area contributed by atoms with Crippen LogP contribution in [0, 0.1) is 5.92 Å². The lowest BCUT2D eigenvalue weighted by Crippen LogP contribution is -2.46. The van der Waals surface area contributed by atoms with Crippen molar-refractivity contribution in [2.24, 2.45) is 5.92 Å². The van der Waals surface area contributed by atoms with Crippen LogP contribution in [0.15, 0.2) is 24.3 Å². The summed E-state index contributed by atoms with van der Waals surface area (Å²) >= 11 is 0. The van der Waals surface area contributed by atoms with Gasteiger partial charge >= 0.3 is 6.03 Å². The van der Waals surface area contributed by atoms with Crippen LogP contribution in [0.4, 0.5) is 16.2 Å². The number of benzene rings is 1. The van der Waals surface area contributed by atoms with E-state index in [0.29, 0.717) is 18.7 Å². The third-order valence-electron chi connectivity index (χ3n) is 5.51. The van der Waals surface area contributed by atoms with Crippen LogP contribution >= 0.6 is 0 Å². The van der Waals surface area contributed by atoms with E-state index in [-0.39, 0.29) is 24.3 Å². The number of urea groups is 1. The van der Waals surface area contributed by atoms with Crippen LogP contribution in [-0.2, 0) is 14.4 Å². The molecule has 1 atom stereocenters. The van der Waals surface area contributed by atoms with Crippen LogP contribution < -0.4 is 15.5 Å². The summed E-state index contributed by atoms with van der Waals surface area (Å²) in [5.41, 5.74) is 0.355. The van der Waals surface area contributed by atoms with Crippen LogP contribution in [-0.4, -0.2) is 47.3 Å². The van der Waals surface area contributed by atoms with E-state index in [1.807, 2.05) is 6.07 Å². The topological polar surface area (TPSA) is 98.8 Å². The lowest BCUT2D eigenvalue weighted by atomic mass is 9.96. The Morgan fingerprint density at radius 1 is 1.30 bits per heavy atom. The summed E-state index contributed by atoms with van der Waals surface area (Å²) in [4.78, 5) is 51.7. The lowest BCUT2D eigenvalue weighted by molar-refractivity contribution is -0.134. The minimum atomic E-state index is -0.895. The zero-order chi connectivity index (χ0) is 19.2. The molecule has 2 aliphatic heterocycles. The molecule has 5 amide bonds. The second-order valence-electron chi connectivity index (χ2n) is 7.55. The first-order chi connectivity index (χ1) is 12.9. The Labute approximate surface area is 156 Å². The fourth-order valence-corrected chi connectivity index (χ4v) is 3.81. The molecular weight excluding hydrogens is 348 g/mol. The average Bonchev–Trinajstić information content (AvgIpc) is 3.37. The lowest BCUT2D eigenvalue weighted by Gasteiger charge is -2.21. The van der Waals surface area contributed by atoms with E-state index in [0.717, 1.165) is 29.8 Å². The molecule has 8 nitrogen and oxygen atoms in total. The van der Waals surface area contributed by atoms with E-state index in [1.54, 1.807) is 30.0 Å². The van der Waals surface area contributed by atoms with Gasteiger partial charge < -0.3 is 15.5 Å². The standard InChI is InChI=1S/C19H22N4O4/c1-19(12-7-8-12)17(26)23(18(27)21-19)11-15(24)20-13-4-2-5-14(10-13)22-9-3-6-16(22)25/h2,4-5,10,12H,3,6-9,11H2,1H3,(H,20,24)(H,21,27)/t19-/m1/s1. The number of carbonyl (C=O) groups excluding carboxylic acids is 4. The predicted molar refractivity (Wildman–Crippen MR) is 98.0 cm³/mol. The molecule has 142 valence electrons. The Balaban J connectivity index is 1.42. The largest absolute Gasteiger partial charge is 0.325 e. The summed E-state index contributed by atoms with van der Waals surface area (Å²) < 4.78 is 0. The van der Waals surface area contributed by atoms with E-state index in [1.165, 1.54) is 0 Å². The number of hydrogen-bond acceptors (Lipinski definition) is 4. The van der Waals surface area contributed by atoms with Gasteiger partial charge in [0.25, 0.3) is 5.91 Å². The van der Waals surface area contributed by atoms with Gasteiger partial charge in [0.05, 0.1) is 0 Å². The van der Waals surface area contributed by atoms with Crippen molar-refractivity contribution < 1.29 is 19.2 Å². The van der Waals surface area contributed by atoms with Crippen LogP contribution in [0.3, 0.4) is 0 Å². The molecule has 1 aliphatic carbocycles. The van der Waals surface area contributed by atoms with Gasteiger partial charge in [-0.25, -0.2) is 4.79 Å². The Hall–Kier alpha value is -2.90. The highest BCUT2D eigenvalue weighted by Gasteiger charge is 2.56. The highest BCUT2D eigenvalue weighted by Crippen LogP contribution is 2.42. The van der Waals surface area contributed by atoms with Crippen molar-refractivity contribution in [3.63, 3.8) is 0 Å². The summed E-state index contributed by atoms with van der Waals surface area (Å²) in [7, 11) is 0. The first-order valence-corrected chi connectivity index (χ1v) is 9.23. The van der Waals surface area contributed by atoms with Crippen LogP contribution in [0.5, 0.6) is 0 Å². The SMILES string of the molecule is C[C@]1(C2CC2)NC(=O)N(CC(=O)Nc2cccc(N3CCCC3=O)c2)C1=O. The third-order valence-corrected chi connectivity index (χ3v) is 5.51. The van der Waals surface area contributed by atoms with Crippen LogP contribution in [0.25, 0.3) is 0 Å². The number of nitrogens with one attached hydrogen (secondary N) is 2. The molecule has 0 spiro atoms. The molecule has 3 fully saturated rings. The van der Waals surface area contributed by atoms with Gasteiger partial charge in [0, 0.05) is 24.3 Å². The summed E-state index contributed by atoms with van der Waals surface area (Å²) in [5.74, 6) is -0.584. The van der Waals surface area contributed by atoms with Crippen molar-refractivity contribution in [2.45, 2.75) is 38.1 Å². The minimum Gasteiger partial charge on any atom is -0.324 e. The van der Waals surface area contributed by atoms with E-state index < -0.39 is 17.5 Å². The van der Waals surface area contributed by atoms with Gasteiger partial charge in [-0.2, -0.15) is 0 Å². The fraction of sp³-hybridized carbons (Fsp3) is 0.474.